The average molecular weight is 307 g/mol. The third-order valence-electron chi connectivity index (χ3n) is 2.92. The molecule has 0 bridgehead atoms. The van der Waals surface area contributed by atoms with Crippen molar-refractivity contribution >= 4 is 11.5 Å². The molecule has 1 atom stereocenters. The van der Waals surface area contributed by atoms with Gasteiger partial charge in [0, 0.05) is 17.7 Å². The Hall–Kier alpha value is -2.83. The van der Waals surface area contributed by atoms with Gasteiger partial charge < -0.3 is 4.74 Å². The summed E-state index contributed by atoms with van der Waals surface area (Å²) in [6, 6.07) is 7.51. The molecule has 0 unspecified atom stereocenters. The number of nitrogens with zero attached hydrogens (tertiary/aromatic N) is 1. The lowest BCUT2D eigenvalue weighted by Crippen LogP contribution is -2.24. The number of Topliss-reactive ketones (excluding diaryl/α,β-unsaturated/α-hetero) is 1. The molecule has 5 nitrogen and oxygen atoms in total. The molecule has 2 aromatic rings. The quantitative estimate of drug-likeness (QED) is 0.481. The Balaban J connectivity index is 2.23. The zero-order chi connectivity index (χ0) is 16.3. The summed E-state index contributed by atoms with van der Waals surface area (Å²) in [5, 5.41) is 10.9. The monoisotopic (exact) mass is 307 g/mol. The molecule has 0 aliphatic heterocycles. The molecular weight excluding hydrogens is 296 g/mol. The van der Waals surface area contributed by atoms with Crippen molar-refractivity contribution in [3.05, 3.63) is 69.8 Å². The first kappa shape index (κ1) is 15.6. The lowest BCUT2D eigenvalue weighted by atomic mass is 10.1. The van der Waals surface area contributed by atoms with Crippen LogP contribution in [0.25, 0.3) is 0 Å². The Morgan fingerprint density at radius 1 is 1.14 bits per heavy atom. The maximum absolute atomic E-state index is 13.2. The summed E-state index contributed by atoms with van der Waals surface area (Å²) >= 11 is 0. The van der Waals surface area contributed by atoms with Gasteiger partial charge in [-0.2, -0.15) is 0 Å². The molecule has 0 aliphatic rings. The highest BCUT2D eigenvalue weighted by Gasteiger charge is 2.22. The van der Waals surface area contributed by atoms with Gasteiger partial charge in [0.25, 0.3) is 0 Å². The number of ketones is 1. The highest BCUT2D eigenvalue weighted by atomic mass is 19.1. The fourth-order valence-corrected chi connectivity index (χ4v) is 1.83. The molecular formula is C15H11F2NO4. The van der Waals surface area contributed by atoms with E-state index in [2.05, 4.69) is 0 Å². The van der Waals surface area contributed by atoms with Gasteiger partial charge in [-0.1, -0.05) is 0 Å². The summed E-state index contributed by atoms with van der Waals surface area (Å²) in [7, 11) is 0. The first-order valence-electron chi connectivity index (χ1n) is 6.29. The Kier molecular flexibility index (Phi) is 4.45. The number of carbonyl (C=O) groups is 1. The van der Waals surface area contributed by atoms with E-state index >= 15 is 0 Å². The Morgan fingerprint density at radius 3 is 2.32 bits per heavy atom. The number of ether oxygens (including phenoxy) is 1. The van der Waals surface area contributed by atoms with Crippen LogP contribution in [-0.4, -0.2) is 16.8 Å². The van der Waals surface area contributed by atoms with E-state index in [1.54, 1.807) is 0 Å². The highest BCUT2D eigenvalue weighted by Crippen LogP contribution is 2.28. The van der Waals surface area contributed by atoms with Crippen molar-refractivity contribution in [1.29, 1.82) is 0 Å². The highest BCUT2D eigenvalue weighted by molar-refractivity contribution is 5.99. The van der Waals surface area contributed by atoms with Gasteiger partial charge in [-0.05, 0) is 37.3 Å². The van der Waals surface area contributed by atoms with Gasteiger partial charge in [0.2, 0.25) is 11.5 Å². The Labute approximate surface area is 124 Å². The average Bonchev–Trinajstić information content (AvgIpc) is 2.47. The topological polar surface area (TPSA) is 69.4 Å². The molecule has 0 heterocycles. The predicted molar refractivity (Wildman–Crippen MR) is 73.9 cm³/mol. The van der Waals surface area contributed by atoms with Crippen molar-refractivity contribution in [1.82, 2.24) is 0 Å². The van der Waals surface area contributed by atoms with Crippen LogP contribution < -0.4 is 4.74 Å². The van der Waals surface area contributed by atoms with Gasteiger partial charge in [0.15, 0.2) is 6.10 Å². The van der Waals surface area contributed by atoms with Crippen LogP contribution in [0.4, 0.5) is 14.5 Å². The normalized spacial score (nSPS) is 11.8. The van der Waals surface area contributed by atoms with E-state index in [1.807, 2.05) is 0 Å². The number of halogens is 2. The standard InChI is InChI=1S/C15H11F2NO4/c1-9(15(19)10-2-4-11(16)5-3-10)22-14-8-12(17)6-7-13(14)18(20)21/h2-9H,1H3/t9-/m1/s1. The first-order chi connectivity index (χ1) is 10.4. The van der Waals surface area contributed by atoms with E-state index in [4.69, 9.17) is 4.74 Å². The number of hydrogen-bond acceptors (Lipinski definition) is 4. The third kappa shape index (κ3) is 3.43. The molecule has 0 N–H and O–H groups in total. The second-order valence-electron chi connectivity index (χ2n) is 4.50. The van der Waals surface area contributed by atoms with Crippen LogP contribution in [0.3, 0.4) is 0 Å². The first-order valence-corrected chi connectivity index (χ1v) is 6.29. The summed E-state index contributed by atoms with van der Waals surface area (Å²) in [5.41, 5.74) is -0.256. The maximum atomic E-state index is 13.2. The number of carbonyl (C=O) groups excluding carboxylic acids is 1. The van der Waals surface area contributed by atoms with E-state index in [9.17, 15) is 23.7 Å². The van der Waals surface area contributed by atoms with Crippen molar-refractivity contribution in [2.75, 3.05) is 0 Å². The van der Waals surface area contributed by atoms with Gasteiger partial charge in [0.05, 0.1) is 4.92 Å². The van der Waals surface area contributed by atoms with Crippen LogP contribution in [0.5, 0.6) is 5.75 Å². The molecule has 0 amide bonds. The molecule has 0 fully saturated rings. The zero-order valence-electron chi connectivity index (χ0n) is 11.5. The Bertz CT molecular complexity index is 716. The molecule has 0 saturated heterocycles. The SMILES string of the molecule is C[C@@H](Oc1cc(F)ccc1[N+](=O)[O-])C(=O)c1ccc(F)cc1. The van der Waals surface area contributed by atoms with Crippen LogP contribution in [-0.2, 0) is 0 Å². The van der Waals surface area contributed by atoms with Gasteiger partial charge in [-0.15, -0.1) is 0 Å². The molecule has 22 heavy (non-hydrogen) atoms. The van der Waals surface area contributed by atoms with Crippen molar-refractivity contribution in [3.63, 3.8) is 0 Å². The largest absolute Gasteiger partial charge is 0.475 e. The summed E-state index contributed by atoms with van der Waals surface area (Å²) in [6.07, 6.45) is -1.09. The van der Waals surface area contributed by atoms with Crippen molar-refractivity contribution in [3.8, 4) is 5.75 Å². The molecule has 7 heteroatoms. The van der Waals surface area contributed by atoms with Crippen LogP contribution >= 0.6 is 0 Å². The summed E-state index contributed by atoms with van der Waals surface area (Å²) in [4.78, 5) is 22.3. The van der Waals surface area contributed by atoms with Crippen molar-refractivity contribution < 1.29 is 23.2 Å². The molecule has 0 aromatic heterocycles. The fourth-order valence-electron chi connectivity index (χ4n) is 1.83. The van der Waals surface area contributed by atoms with Gasteiger partial charge in [-0.3, -0.25) is 14.9 Å². The van der Waals surface area contributed by atoms with Crippen LogP contribution in [0.2, 0.25) is 0 Å². The summed E-state index contributed by atoms with van der Waals surface area (Å²) in [6.45, 7) is 1.38. The predicted octanol–water partition coefficient (Wildman–Crippen LogP) is 3.52. The van der Waals surface area contributed by atoms with E-state index in [-0.39, 0.29) is 11.3 Å². The molecule has 0 aliphatic carbocycles. The summed E-state index contributed by atoms with van der Waals surface area (Å²) in [5.74, 6) is -2.06. The van der Waals surface area contributed by atoms with Crippen LogP contribution in [0.1, 0.15) is 17.3 Å². The maximum Gasteiger partial charge on any atom is 0.311 e. The Morgan fingerprint density at radius 2 is 1.73 bits per heavy atom. The lowest BCUT2D eigenvalue weighted by Gasteiger charge is -2.13. The minimum absolute atomic E-state index is 0.188. The number of rotatable bonds is 5. The lowest BCUT2D eigenvalue weighted by molar-refractivity contribution is -0.386. The minimum atomic E-state index is -1.09. The van der Waals surface area contributed by atoms with Crippen LogP contribution in [0, 0.1) is 21.7 Å². The molecule has 2 aromatic carbocycles. The van der Waals surface area contributed by atoms with E-state index in [1.165, 1.54) is 19.1 Å². The second-order valence-corrected chi connectivity index (χ2v) is 4.50. The number of hydrogen-bond donors (Lipinski definition) is 0. The fraction of sp³-hybridized carbons (Fsp3) is 0.133. The molecule has 2 rings (SSSR count). The molecule has 0 saturated carbocycles. The zero-order valence-corrected chi connectivity index (χ0v) is 11.5. The third-order valence-corrected chi connectivity index (χ3v) is 2.92. The number of benzene rings is 2. The van der Waals surface area contributed by atoms with Gasteiger partial charge in [-0.25, -0.2) is 8.78 Å². The van der Waals surface area contributed by atoms with Gasteiger partial charge >= 0.3 is 5.69 Å². The molecule has 0 radical (unpaired) electrons. The minimum Gasteiger partial charge on any atom is -0.475 e. The summed E-state index contributed by atoms with van der Waals surface area (Å²) < 4.78 is 31.2. The number of nitro groups is 1. The van der Waals surface area contributed by atoms with E-state index in [0.717, 1.165) is 30.3 Å². The van der Waals surface area contributed by atoms with E-state index < -0.39 is 34.1 Å². The smallest absolute Gasteiger partial charge is 0.311 e. The van der Waals surface area contributed by atoms with Gasteiger partial charge in [0.1, 0.15) is 11.6 Å². The van der Waals surface area contributed by atoms with Crippen LogP contribution in [0.15, 0.2) is 42.5 Å². The van der Waals surface area contributed by atoms with Crippen molar-refractivity contribution in [2.24, 2.45) is 0 Å². The molecule has 0 spiro atoms. The number of nitro benzene ring substituents is 1. The second kappa shape index (κ2) is 6.30. The molecule has 114 valence electrons. The van der Waals surface area contributed by atoms with E-state index in [0.29, 0.717) is 0 Å². The van der Waals surface area contributed by atoms with Crippen molar-refractivity contribution in [2.45, 2.75) is 13.0 Å².